The van der Waals surface area contributed by atoms with E-state index in [4.69, 9.17) is 16.3 Å². The molecule has 5 nitrogen and oxygen atoms in total. The molecular formula is C22H19ClN2O3. The number of halogens is 1. The fourth-order valence-electron chi connectivity index (χ4n) is 2.61. The van der Waals surface area contributed by atoms with Crippen molar-refractivity contribution in [2.75, 3.05) is 17.2 Å². The molecule has 2 amide bonds. The number of amides is 2. The van der Waals surface area contributed by atoms with Crippen molar-refractivity contribution in [3.8, 4) is 5.75 Å². The average Bonchev–Trinajstić information content (AvgIpc) is 2.68. The zero-order chi connectivity index (χ0) is 19.9. The molecule has 28 heavy (non-hydrogen) atoms. The van der Waals surface area contributed by atoms with E-state index in [1.807, 2.05) is 25.1 Å². The minimum Gasteiger partial charge on any atom is -0.483 e. The molecule has 0 bridgehead atoms. The van der Waals surface area contributed by atoms with E-state index >= 15 is 0 Å². The van der Waals surface area contributed by atoms with Crippen molar-refractivity contribution in [2.24, 2.45) is 0 Å². The van der Waals surface area contributed by atoms with Gasteiger partial charge in [-0.2, -0.15) is 0 Å². The molecule has 3 aromatic rings. The number of anilines is 2. The highest BCUT2D eigenvalue weighted by atomic mass is 35.5. The lowest BCUT2D eigenvalue weighted by atomic mass is 10.1. The summed E-state index contributed by atoms with van der Waals surface area (Å²) in [5, 5.41) is 6.14. The van der Waals surface area contributed by atoms with Crippen molar-refractivity contribution in [3.05, 3.63) is 88.9 Å². The third kappa shape index (κ3) is 5.11. The van der Waals surface area contributed by atoms with Crippen molar-refractivity contribution in [3.63, 3.8) is 0 Å². The zero-order valence-corrected chi connectivity index (χ0v) is 16.0. The molecule has 142 valence electrons. The number of hydrogen-bond acceptors (Lipinski definition) is 3. The van der Waals surface area contributed by atoms with E-state index in [2.05, 4.69) is 10.6 Å². The maximum absolute atomic E-state index is 12.6. The average molecular weight is 395 g/mol. The van der Waals surface area contributed by atoms with Crippen LogP contribution in [-0.2, 0) is 4.79 Å². The van der Waals surface area contributed by atoms with Gasteiger partial charge in [-0.25, -0.2) is 0 Å². The molecule has 0 heterocycles. The van der Waals surface area contributed by atoms with Crippen molar-refractivity contribution in [1.82, 2.24) is 0 Å². The summed E-state index contributed by atoms with van der Waals surface area (Å²) in [6, 6.07) is 21.1. The molecule has 0 radical (unpaired) electrons. The van der Waals surface area contributed by atoms with Crippen LogP contribution in [0.15, 0.2) is 72.8 Å². The molecule has 0 atom stereocenters. The van der Waals surface area contributed by atoms with E-state index in [1.54, 1.807) is 54.6 Å². The van der Waals surface area contributed by atoms with Crippen molar-refractivity contribution in [2.45, 2.75) is 6.92 Å². The van der Waals surface area contributed by atoms with Crippen LogP contribution >= 0.6 is 11.6 Å². The summed E-state index contributed by atoms with van der Waals surface area (Å²) in [4.78, 5) is 24.9. The Kier molecular flexibility index (Phi) is 6.29. The van der Waals surface area contributed by atoms with Gasteiger partial charge in [0.25, 0.3) is 11.8 Å². The first kappa shape index (κ1) is 19.5. The highest BCUT2D eigenvalue weighted by Gasteiger charge is 2.14. The predicted molar refractivity (Wildman–Crippen MR) is 111 cm³/mol. The number of nitrogens with one attached hydrogen (secondary N) is 2. The van der Waals surface area contributed by atoms with Gasteiger partial charge in [0.1, 0.15) is 5.75 Å². The second kappa shape index (κ2) is 9.06. The number of carbonyl (C=O) groups excluding carboxylic acids is 2. The second-order valence-corrected chi connectivity index (χ2v) is 6.55. The summed E-state index contributed by atoms with van der Waals surface area (Å²) in [6.45, 7) is 1.67. The number of hydrogen-bond donors (Lipinski definition) is 2. The van der Waals surface area contributed by atoms with E-state index in [9.17, 15) is 9.59 Å². The van der Waals surface area contributed by atoms with Gasteiger partial charge in [0.05, 0.1) is 11.3 Å². The minimum absolute atomic E-state index is 0.183. The van der Waals surface area contributed by atoms with Gasteiger partial charge < -0.3 is 15.4 Å². The minimum atomic E-state index is -0.366. The van der Waals surface area contributed by atoms with E-state index in [0.717, 1.165) is 5.56 Å². The Hall–Kier alpha value is -3.31. The molecule has 0 aliphatic rings. The summed E-state index contributed by atoms with van der Waals surface area (Å²) < 4.78 is 5.55. The quantitative estimate of drug-likeness (QED) is 0.623. The monoisotopic (exact) mass is 394 g/mol. The molecule has 3 rings (SSSR count). The molecule has 0 aliphatic carbocycles. The molecule has 0 fully saturated rings. The Bertz CT molecular complexity index is 990. The van der Waals surface area contributed by atoms with Crippen LogP contribution in [0.4, 0.5) is 11.4 Å². The fraction of sp³-hybridized carbons (Fsp3) is 0.0909. The number of aryl methyl sites for hydroxylation is 1. The second-order valence-electron chi connectivity index (χ2n) is 6.11. The van der Waals surface area contributed by atoms with Crippen LogP contribution in [0.1, 0.15) is 15.9 Å². The van der Waals surface area contributed by atoms with Crippen molar-refractivity contribution < 1.29 is 14.3 Å². The van der Waals surface area contributed by atoms with Gasteiger partial charge in [-0.1, -0.05) is 41.9 Å². The molecule has 0 aromatic heterocycles. The molecule has 2 N–H and O–H groups in total. The van der Waals surface area contributed by atoms with Crippen molar-refractivity contribution >= 4 is 34.8 Å². The fourth-order valence-corrected chi connectivity index (χ4v) is 2.84. The molecular weight excluding hydrogens is 376 g/mol. The van der Waals surface area contributed by atoms with Gasteiger partial charge in [-0.3, -0.25) is 9.59 Å². The van der Waals surface area contributed by atoms with Crippen LogP contribution in [0.25, 0.3) is 0 Å². The summed E-state index contributed by atoms with van der Waals surface area (Å²) in [5.74, 6) is -0.0967. The van der Waals surface area contributed by atoms with Gasteiger partial charge in [0.15, 0.2) is 6.61 Å². The summed E-state index contributed by atoms with van der Waals surface area (Å²) in [6.07, 6.45) is 0. The highest BCUT2D eigenvalue weighted by molar-refractivity contribution is 6.30. The lowest BCUT2D eigenvalue weighted by Crippen LogP contribution is -2.23. The maximum Gasteiger partial charge on any atom is 0.262 e. The third-order valence-corrected chi connectivity index (χ3v) is 4.21. The normalized spacial score (nSPS) is 10.2. The van der Waals surface area contributed by atoms with Crippen LogP contribution in [0.5, 0.6) is 5.75 Å². The Morgan fingerprint density at radius 2 is 1.64 bits per heavy atom. The topological polar surface area (TPSA) is 67.4 Å². The standard InChI is InChI=1S/C22H19ClN2O3/c1-15-13-16(23)11-12-20(15)28-14-21(26)25-19-10-6-5-9-18(19)22(27)24-17-7-3-2-4-8-17/h2-13H,14H2,1H3,(H,24,27)(H,25,26). The number of benzene rings is 3. The molecule has 0 unspecified atom stereocenters. The molecule has 0 saturated carbocycles. The molecule has 0 saturated heterocycles. The Morgan fingerprint density at radius 3 is 2.39 bits per heavy atom. The first-order valence-electron chi connectivity index (χ1n) is 8.67. The Labute approximate surface area is 168 Å². The number of ether oxygens (including phenoxy) is 1. The first-order valence-corrected chi connectivity index (χ1v) is 9.05. The SMILES string of the molecule is Cc1cc(Cl)ccc1OCC(=O)Nc1ccccc1C(=O)Nc1ccccc1. The van der Waals surface area contributed by atoms with Gasteiger partial charge in [-0.15, -0.1) is 0 Å². The van der Waals surface area contributed by atoms with E-state index in [0.29, 0.717) is 27.7 Å². The maximum atomic E-state index is 12.6. The van der Waals surface area contributed by atoms with Crippen molar-refractivity contribution in [1.29, 1.82) is 0 Å². The van der Waals surface area contributed by atoms with E-state index < -0.39 is 0 Å². The summed E-state index contributed by atoms with van der Waals surface area (Å²) >= 11 is 5.92. The van der Waals surface area contributed by atoms with E-state index in [1.165, 1.54) is 0 Å². The van der Waals surface area contributed by atoms with Crippen LogP contribution in [0.2, 0.25) is 5.02 Å². The summed E-state index contributed by atoms with van der Waals surface area (Å²) in [7, 11) is 0. The van der Waals surface area contributed by atoms with Gasteiger partial charge in [0.2, 0.25) is 0 Å². The number of para-hydroxylation sites is 2. The van der Waals surface area contributed by atoms with Gasteiger partial charge in [-0.05, 0) is 55.0 Å². The molecule has 0 spiro atoms. The van der Waals surface area contributed by atoms with Crippen LogP contribution in [-0.4, -0.2) is 18.4 Å². The third-order valence-electron chi connectivity index (χ3n) is 3.97. The lowest BCUT2D eigenvalue weighted by Gasteiger charge is -2.13. The first-order chi connectivity index (χ1) is 13.5. The molecule has 3 aromatic carbocycles. The Balaban J connectivity index is 1.65. The van der Waals surface area contributed by atoms with Crippen LogP contribution in [0, 0.1) is 6.92 Å². The van der Waals surface area contributed by atoms with E-state index in [-0.39, 0.29) is 18.4 Å². The van der Waals surface area contributed by atoms with Gasteiger partial charge in [0, 0.05) is 10.7 Å². The molecule has 6 heteroatoms. The lowest BCUT2D eigenvalue weighted by molar-refractivity contribution is -0.118. The predicted octanol–water partition coefficient (Wildman–Crippen LogP) is 4.92. The largest absolute Gasteiger partial charge is 0.483 e. The van der Waals surface area contributed by atoms with Crippen LogP contribution < -0.4 is 15.4 Å². The van der Waals surface area contributed by atoms with Gasteiger partial charge >= 0.3 is 0 Å². The Morgan fingerprint density at radius 1 is 0.929 bits per heavy atom. The molecule has 0 aliphatic heterocycles. The number of carbonyl (C=O) groups is 2. The van der Waals surface area contributed by atoms with Crippen LogP contribution in [0.3, 0.4) is 0 Å². The highest BCUT2D eigenvalue weighted by Crippen LogP contribution is 2.22. The zero-order valence-electron chi connectivity index (χ0n) is 15.2. The summed E-state index contributed by atoms with van der Waals surface area (Å²) in [5.41, 5.74) is 2.29. The smallest absolute Gasteiger partial charge is 0.262 e. The number of rotatable bonds is 6.